The van der Waals surface area contributed by atoms with E-state index in [1.807, 2.05) is 0 Å². The van der Waals surface area contributed by atoms with Crippen LogP contribution in [-0.4, -0.2) is 29.9 Å². The molecule has 0 spiro atoms. The van der Waals surface area contributed by atoms with E-state index in [0.29, 0.717) is 17.6 Å². The fourth-order valence-electron chi connectivity index (χ4n) is 5.41. The van der Waals surface area contributed by atoms with Crippen molar-refractivity contribution < 1.29 is 5.11 Å². The summed E-state index contributed by atoms with van der Waals surface area (Å²) in [6, 6.07) is 0. The number of hydrogen-bond donors (Lipinski definition) is 2. The van der Waals surface area contributed by atoms with Crippen molar-refractivity contribution in [3.63, 3.8) is 0 Å². The standard InChI is InChI=1S/C30H55N5O3/c1-4-5-6-7-8-9-10-11-12-15-18-21-25(36)22-19-16-13-14-17-20-23-26(31)35-29(37)27-28(32-24-33(27)2)34(3)30(35)38/h24-26,36H,4-23,31H2,1-3H3. The van der Waals surface area contributed by atoms with Gasteiger partial charge in [-0.25, -0.2) is 14.3 Å². The van der Waals surface area contributed by atoms with Gasteiger partial charge in [-0.2, -0.15) is 0 Å². The smallest absolute Gasteiger partial charge is 0.333 e. The van der Waals surface area contributed by atoms with Crippen molar-refractivity contribution in [2.24, 2.45) is 19.8 Å². The van der Waals surface area contributed by atoms with Gasteiger partial charge in [0.2, 0.25) is 0 Å². The van der Waals surface area contributed by atoms with E-state index in [9.17, 15) is 14.7 Å². The summed E-state index contributed by atoms with van der Waals surface area (Å²) in [4.78, 5) is 29.7. The quantitative estimate of drug-likeness (QED) is 0.179. The Morgan fingerprint density at radius 3 is 1.71 bits per heavy atom. The molecule has 0 aliphatic carbocycles. The highest BCUT2D eigenvalue weighted by Crippen LogP contribution is 2.16. The van der Waals surface area contributed by atoms with Gasteiger partial charge in [-0.1, -0.05) is 116 Å². The summed E-state index contributed by atoms with van der Waals surface area (Å²) < 4.78 is 4.19. The van der Waals surface area contributed by atoms with E-state index >= 15 is 0 Å². The second-order valence-corrected chi connectivity index (χ2v) is 11.3. The molecule has 0 saturated heterocycles. The largest absolute Gasteiger partial charge is 0.393 e. The number of unbranched alkanes of at least 4 members (excludes halogenated alkanes) is 15. The maximum absolute atomic E-state index is 12.8. The van der Waals surface area contributed by atoms with E-state index in [4.69, 9.17) is 5.73 Å². The van der Waals surface area contributed by atoms with Crippen LogP contribution in [0.5, 0.6) is 0 Å². The van der Waals surface area contributed by atoms with Crippen LogP contribution < -0.4 is 17.0 Å². The zero-order valence-corrected chi connectivity index (χ0v) is 24.5. The highest BCUT2D eigenvalue weighted by molar-refractivity contribution is 5.69. The molecule has 0 bridgehead atoms. The van der Waals surface area contributed by atoms with Gasteiger partial charge in [0.15, 0.2) is 11.2 Å². The first kappa shape index (κ1) is 32.3. The van der Waals surface area contributed by atoms with Crippen molar-refractivity contribution in [1.82, 2.24) is 18.7 Å². The Bertz CT molecular complexity index is 1030. The predicted octanol–water partition coefficient (Wildman–Crippen LogP) is 6.07. The first-order valence-corrected chi connectivity index (χ1v) is 15.4. The van der Waals surface area contributed by atoms with E-state index in [2.05, 4.69) is 11.9 Å². The Morgan fingerprint density at radius 2 is 1.21 bits per heavy atom. The molecule has 2 unspecified atom stereocenters. The van der Waals surface area contributed by atoms with Gasteiger partial charge < -0.3 is 15.4 Å². The molecule has 0 amide bonds. The van der Waals surface area contributed by atoms with Gasteiger partial charge in [0.05, 0.1) is 18.6 Å². The van der Waals surface area contributed by atoms with Gasteiger partial charge in [-0.15, -0.1) is 0 Å². The van der Waals surface area contributed by atoms with Crippen molar-refractivity contribution in [3.8, 4) is 0 Å². The lowest BCUT2D eigenvalue weighted by Gasteiger charge is -2.16. The van der Waals surface area contributed by atoms with E-state index in [0.717, 1.165) is 57.8 Å². The molecule has 8 nitrogen and oxygen atoms in total. The van der Waals surface area contributed by atoms with Gasteiger partial charge in [0, 0.05) is 14.1 Å². The van der Waals surface area contributed by atoms with Gasteiger partial charge in [0.1, 0.15) is 0 Å². The Balaban J connectivity index is 1.48. The number of aliphatic hydroxyl groups is 1. The predicted molar refractivity (Wildman–Crippen MR) is 157 cm³/mol. The minimum atomic E-state index is -0.633. The minimum Gasteiger partial charge on any atom is -0.393 e. The number of rotatable bonds is 22. The molecule has 2 aromatic heterocycles. The zero-order chi connectivity index (χ0) is 27.8. The topological polar surface area (TPSA) is 108 Å². The molecular formula is C30H55N5O3. The molecular weight excluding hydrogens is 478 g/mol. The lowest BCUT2D eigenvalue weighted by Crippen LogP contribution is -2.44. The zero-order valence-electron chi connectivity index (χ0n) is 24.5. The van der Waals surface area contributed by atoms with Crippen LogP contribution in [0.4, 0.5) is 0 Å². The monoisotopic (exact) mass is 533 g/mol. The Morgan fingerprint density at radius 1 is 0.763 bits per heavy atom. The summed E-state index contributed by atoms with van der Waals surface area (Å²) in [6.07, 6.45) is 24.3. The summed E-state index contributed by atoms with van der Waals surface area (Å²) in [6.45, 7) is 2.27. The first-order chi connectivity index (χ1) is 18.4. The summed E-state index contributed by atoms with van der Waals surface area (Å²) in [7, 11) is 3.37. The van der Waals surface area contributed by atoms with E-state index in [-0.39, 0.29) is 11.7 Å². The SMILES string of the molecule is CCCCCCCCCCCCCC(O)CCCCCCCCC(N)n1c(=O)c2c(ncn2C)n(C)c1=O. The van der Waals surface area contributed by atoms with Crippen molar-refractivity contribution >= 4 is 11.2 Å². The molecule has 0 fully saturated rings. The number of aromatic nitrogens is 4. The van der Waals surface area contributed by atoms with Crippen LogP contribution in [0.1, 0.15) is 142 Å². The van der Waals surface area contributed by atoms with Crippen molar-refractivity contribution in [3.05, 3.63) is 27.2 Å². The molecule has 0 radical (unpaired) electrons. The molecule has 0 saturated carbocycles. The highest BCUT2D eigenvalue weighted by atomic mass is 16.3. The minimum absolute atomic E-state index is 0.149. The number of nitrogens with zero attached hydrogens (tertiary/aromatic N) is 4. The number of aliphatic hydroxyl groups excluding tert-OH is 1. The van der Waals surface area contributed by atoms with Gasteiger partial charge in [-0.3, -0.25) is 9.36 Å². The highest BCUT2D eigenvalue weighted by Gasteiger charge is 2.18. The van der Waals surface area contributed by atoms with Crippen LogP contribution in [0, 0.1) is 0 Å². The van der Waals surface area contributed by atoms with Crippen LogP contribution in [0.25, 0.3) is 11.2 Å². The van der Waals surface area contributed by atoms with Gasteiger partial charge in [-0.05, 0) is 19.3 Å². The maximum atomic E-state index is 12.8. The lowest BCUT2D eigenvalue weighted by atomic mass is 10.0. The first-order valence-electron chi connectivity index (χ1n) is 15.4. The third-order valence-electron chi connectivity index (χ3n) is 7.91. The summed E-state index contributed by atoms with van der Waals surface area (Å²) in [5.74, 6) is 0. The fourth-order valence-corrected chi connectivity index (χ4v) is 5.41. The van der Waals surface area contributed by atoms with Crippen LogP contribution in [-0.2, 0) is 14.1 Å². The lowest BCUT2D eigenvalue weighted by molar-refractivity contribution is 0.147. The Kier molecular flexibility index (Phi) is 15.6. The van der Waals surface area contributed by atoms with Gasteiger partial charge in [0.25, 0.3) is 5.56 Å². The average molecular weight is 534 g/mol. The normalized spacial score (nSPS) is 13.4. The van der Waals surface area contributed by atoms with Crippen molar-refractivity contribution in [2.45, 2.75) is 148 Å². The Hall–Kier alpha value is -1.93. The molecule has 2 heterocycles. The third kappa shape index (κ3) is 10.7. The molecule has 0 aliphatic heterocycles. The molecule has 2 aromatic rings. The molecule has 8 heteroatoms. The molecule has 2 rings (SSSR count). The van der Waals surface area contributed by atoms with Crippen LogP contribution in [0.15, 0.2) is 15.9 Å². The van der Waals surface area contributed by atoms with Crippen molar-refractivity contribution in [2.75, 3.05) is 0 Å². The second kappa shape index (κ2) is 18.4. The summed E-state index contributed by atoms with van der Waals surface area (Å²) in [5.41, 5.74) is 6.26. The third-order valence-corrected chi connectivity index (χ3v) is 7.91. The molecule has 38 heavy (non-hydrogen) atoms. The van der Waals surface area contributed by atoms with Crippen LogP contribution in [0.3, 0.4) is 0 Å². The summed E-state index contributed by atoms with van der Waals surface area (Å²) in [5, 5.41) is 10.3. The van der Waals surface area contributed by atoms with Crippen LogP contribution >= 0.6 is 0 Å². The number of aryl methyl sites for hydroxylation is 2. The molecule has 3 N–H and O–H groups in total. The van der Waals surface area contributed by atoms with E-state index < -0.39 is 11.9 Å². The molecule has 0 aliphatic rings. The van der Waals surface area contributed by atoms with Gasteiger partial charge >= 0.3 is 5.69 Å². The molecule has 2 atom stereocenters. The van der Waals surface area contributed by atoms with E-state index in [1.54, 1.807) is 25.0 Å². The van der Waals surface area contributed by atoms with Crippen LogP contribution in [0.2, 0.25) is 0 Å². The van der Waals surface area contributed by atoms with Crippen molar-refractivity contribution in [1.29, 1.82) is 0 Å². The maximum Gasteiger partial charge on any atom is 0.333 e. The van der Waals surface area contributed by atoms with E-state index in [1.165, 1.54) is 73.3 Å². The number of nitrogens with two attached hydrogens (primary N) is 1. The summed E-state index contributed by atoms with van der Waals surface area (Å²) >= 11 is 0. The number of fused-ring (bicyclic) bond motifs is 1. The number of imidazole rings is 1. The average Bonchev–Trinajstić information content (AvgIpc) is 3.29. The molecule has 0 aromatic carbocycles. The Labute approximate surface area is 229 Å². The second-order valence-electron chi connectivity index (χ2n) is 11.3. The number of hydrogen-bond acceptors (Lipinski definition) is 5. The fraction of sp³-hybridized carbons (Fsp3) is 0.833. The molecule has 218 valence electrons.